The van der Waals surface area contributed by atoms with Gasteiger partial charge >= 0.3 is 0 Å². The van der Waals surface area contributed by atoms with Crippen molar-refractivity contribution in [1.82, 2.24) is 20.4 Å². The number of hydrogen-bond donors (Lipinski definition) is 1. The zero-order valence-electron chi connectivity index (χ0n) is 12.6. The van der Waals surface area contributed by atoms with E-state index in [1.54, 1.807) is 11.3 Å². The Labute approximate surface area is 133 Å². The second kappa shape index (κ2) is 7.02. The zero-order valence-corrected chi connectivity index (χ0v) is 13.4. The molecule has 3 heterocycles. The molecule has 0 unspecified atom stereocenters. The van der Waals surface area contributed by atoms with E-state index >= 15 is 0 Å². The summed E-state index contributed by atoms with van der Waals surface area (Å²) in [6, 6.07) is 3.96. The van der Waals surface area contributed by atoms with Crippen LogP contribution in [0, 0.1) is 5.92 Å². The summed E-state index contributed by atoms with van der Waals surface area (Å²) in [5, 5.41) is 8.92. The van der Waals surface area contributed by atoms with Crippen LogP contribution in [0.4, 0.5) is 0 Å². The number of likely N-dealkylation sites (tertiary alicyclic amines) is 1. The fourth-order valence-corrected chi connectivity index (χ4v) is 3.34. The molecule has 7 heteroatoms. The molecule has 0 atom stereocenters. The number of piperidine rings is 1. The Morgan fingerprint density at radius 3 is 3.00 bits per heavy atom. The molecule has 2 aromatic heterocycles. The average Bonchev–Trinajstić information content (AvgIpc) is 3.19. The highest BCUT2D eigenvalue weighted by atomic mass is 32.1. The third-order valence-electron chi connectivity index (χ3n) is 3.88. The van der Waals surface area contributed by atoms with Gasteiger partial charge in [-0.2, -0.15) is 4.98 Å². The first-order valence-corrected chi connectivity index (χ1v) is 8.50. The summed E-state index contributed by atoms with van der Waals surface area (Å²) in [6.45, 7) is 5.08. The Morgan fingerprint density at radius 2 is 2.32 bits per heavy atom. The van der Waals surface area contributed by atoms with E-state index in [1.165, 1.54) is 0 Å². The Kier molecular flexibility index (Phi) is 4.84. The minimum atomic E-state index is 0.139. The molecule has 1 amide bonds. The molecule has 1 N–H and O–H groups in total. The maximum atomic E-state index is 11.8. The predicted molar refractivity (Wildman–Crippen MR) is 84.3 cm³/mol. The average molecular weight is 320 g/mol. The van der Waals surface area contributed by atoms with Crippen LogP contribution in [-0.2, 0) is 11.3 Å². The van der Waals surface area contributed by atoms with Crippen LogP contribution >= 0.6 is 11.3 Å². The number of carbonyl (C=O) groups excluding carboxylic acids is 1. The molecule has 0 saturated carbocycles. The lowest BCUT2D eigenvalue weighted by Crippen LogP contribution is -2.40. The highest BCUT2D eigenvalue weighted by Gasteiger charge is 2.25. The maximum absolute atomic E-state index is 11.8. The number of rotatable bonds is 5. The highest BCUT2D eigenvalue weighted by Crippen LogP contribution is 2.23. The van der Waals surface area contributed by atoms with Crippen LogP contribution in [0.5, 0.6) is 0 Å². The van der Waals surface area contributed by atoms with E-state index in [0.29, 0.717) is 24.8 Å². The van der Waals surface area contributed by atoms with Crippen molar-refractivity contribution in [3.63, 3.8) is 0 Å². The van der Waals surface area contributed by atoms with Crippen LogP contribution in [-0.4, -0.2) is 40.6 Å². The minimum absolute atomic E-state index is 0.139. The van der Waals surface area contributed by atoms with Gasteiger partial charge in [0, 0.05) is 12.5 Å². The van der Waals surface area contributed by atoms with Crippen LogP contribution in [0.2, 0.25) is 0 Å². The molecule has 6 nitrogen and oxygen atoms in total. The van der Waals surface area contributed by atoms with E-state index in [9.17, 15) is 4.79 Å². The predicted octanol–water partition coefficient (Wildman–Crippen LogP) is 2.15. The Morgan fingerprint density at radius 1 is 1.50 bits per heavy atom. The number of thiophene rings is 1. The molecule has 1 aliphatic rings. The van der Waals surface area contributed by atoms with E-state index in [1.807, 2.05) is 24.4 Å². The van der Waals surface area contributed by atoms with E-state index in [2.05, 4.69) is 20.4 Å². The number of hydrogen-bond acceptors (Lipinski definition) is 6. The smallest absolute Gasteiger partial charge is 0.241 e. The molecule has 0 spiro atoms. The number of amides is 1. The SMILES string of the molecule is CCNC(=O)C1CCN(Cc2nc(-c3cccs3)no2)CC1. The van der Waals surface area contributed by atoms with E-state index in [0.717, 1.165) is 30.8 Å². The standard InChI is InChI=1S/C15H20N4O2S/c1-2-16-15(20)11-5-7-19(8-6-11)10-13-17-14(18-21-13)12-4-3-9-22-12/h3-4,9,11H,2,5-8,10H2,1H3,(H,16,20). The molecule has 118 valence electrons. The zero-order chi connectivity index (χ0) is 15.4. The van der Waals surface area contributed by atoms with Gasteiger partial charge in [0.25, 0.3) is 0 Å². The highest BCUT2D eigenvalue weighted by molar-refractivity contribution is 7.13. The summed E-state index contributed by atoms with van der Waals surface area (Å²) in [6.07, 6.45) is 1.77. The van der Waals surface area contributed by atoms with Crippen molar-refractivity contribution in [2.45, 2.75) is 26.3 Å². The van der Waals surface area contributed by atoms with E-state index in [-0.39, 0.29) is 11.8 Å². The molecule has 1 fully saturated rings. The number of nitrogens with zero attached hydrogens (tertiary/aromatic N) is 3. The second-order valence-electron chi connectivity index (χ2n) is 5.43. The van der Waals surface area contributed by atoms with Gasteiger partial charge in [0.1, 0.15) is 0 Å². The molecule has 0 aliphatic carbocycles. The summed E-state index contributed by atoms with van der Waals surface area (Å²) >= 11 is 1.60. The van der Waals surface area contributed by atoms with Gasteiger partial charge in [-0.3, -0.25) is 9.69 Å². The summed E-state index contributed by atoms with van der Waals surface area (Å²) in [5.41, 5.74) is 0. The first-order chi connectivity index (χ1) is 10.8. The molecule has 0 aromatic carbocycles. The van der Waals surface area contributed by atoms with Gasteiger partial charge < -0.3 is 9.84 Å². The maximum Gasteiger partial charge on any atom is 0.241 e. The summed E-state index contributed by atoms with van der Waals surface area (Å²) in [4.78, 5) is 19.6. The molecular weight excluding hydrogens is 300 g/mol. The van der Waals surface area contributed by atoms with Gasteiger partial charge in [0.2, 0.25) is 17.6 Å². The van der Waals surface area contributed by atoms with Gasteiger partial charge in [-0.15, -0.1) is 11.3 Å². The molecular formula is C15H20N4O2S. The van der Waals surface area contributed by atoms with Crippen LogP contribution in [0.15, 0.2) is 22.0 Å². The lowest BCUT2D eigenvalue weighted by atomic mass is 9.96. The van der Waals surface area contributed by atoms with Gasteiger partial charge in [0.15, 0.2) is 0 Å². The molecule has 0 radical (unpaired) electrons. The van der Waals surface area contributed by atoms with Crippen molar-refractivity contribution < 1.29 is 9.32 Å². The van der Waals surface area contributed by atoms with Crippen LogP contribution in [0.3, 0.4) is 0 Å². The number of nitrogens with one attached hydrogen (secondary N) is 1. The Hall–Kier alpha value is -1.73. The summed E-state index contributed by atoms with van der Waals surface area (Å²) in [7, 11) is 0. The molecule has 0 bridgehead atoms. The third-order valence-corrected chi connectivity index (χ3v) is 4.74. The fourth-order valence-electron chi connectivity index (χ4n) is 2.69. The Balaban J connectivity index is 1.52. The fraction of sp³-hybridized carbons (Fsp3) is 0.533. The van der Waals surface area contributed by atoms with E-state index < -0.39 is 0 Å². The molecule has 22 heavy (non-hydrogen) atoms. The van der Waals surface area contributed by atoms with Crippen molar-refractivity contribution in [3.8, 4) is 10.7 Å². The largest absolute Gasteiger partial charge is 0.356 e. The molecule has 1 saturated heterocycles. The Bertz CT molecular complexity index is 603. The van der Waals surface area contributed by atoms with Gasteiger partial charge in [-0.05, 0) is 44.3 Å². The quantitative estimate of drug-likeness (QED) is 0.914. The number of carbonyl (C=O) groups is 1. The van der Waals surface area contributed by atoms with Gasteiger partial charge in [-0.1, -0.05) is 11.2 Å². The van der Waals surface area contributed by atoms with Gasteiger partial charge in [-0.25, -0.2) is 0 Å². The van der Waals surface area contributed by atoms with E-state index in [4.69, 9.17) is 4.52 Å². The van der Waals surface area contributed by atoms with Crippen LogP contribution < -0.4 is 5.32 Å². The van der Waals surface area contributed by atoms with Crippen molar-refractivity contribution in [2.24, 2.45) is 5.92 Å². The third kappa shape index (κ3) is 3.53. The number of aromatic nitrogens is 2. The lowest BCUT2D eigenvalue weighted by molar-refractivity contribution is -0.126. The van der Waals surface area contributed by atoms with Crippen molar-refractivity contribution in [3.05, 3.63) is 23.4 Å². The molecule has 2 aromatic rings. The molecule has 1 aliphatic heterocycles. The normalized spacial score (nSPS) is 16.8. The van der Waals surface area contributed by atoms with Gasteiger partial charge in [0.05, 0.1) is 11.4 Å². The monoisotopic (exact) mass is 320 g/mol. The minimum Gasteiger partial charge on any atom is -0.356 e. The first kappa shape index (κ1) is 15.2. The van der Waals surface area contributed by atoms with Crippen LogP contribution in [0.1, 0.15) is 25.7 Å². The van der Waals surface area contributed by atoms with Crippen LogP contribution in [0.25, 0.3) is 10.7 Å². The van der Waals surface area contributed by atoms with Crippen molar-refractivity contribution in [2.75, 3.05) is 19.6 Å². The topological polar surface area (TPSA) is 71.3 Å². The summed E-state index contributed by atoms with van der Waals surface area (Å²) < 4.78 is 5.33. The summed E-state index contributed by atoms with van der Waals surface area (Å²) in [5.74, 6) is 1.61. The molecule has 3 rings (SSSR count). The van der Waals surface area contributed by atoms with Crippen molar-refractivity contribution in [1.29, 1.82) is 0 Å². The lowest BCUT2D eigenvalue weighted by Gasteiger charge is -2.30. The second-order valence-corrected chi connectivity index (χ2v) is 6.38. The van der Waals surface area contributed by atoms with Crippen molar-refractivity contribution >= 4 is 17.2 Å². The first-order valence-electron chi connectivity index (χ1n) is 7.62.